The molecule has 1 saturated heterocycles. The number of amides is 1. The number of ether oxygens (including phenoxy) is 1. The Balaban J connectivity index is 2.17. The standard InChI is InChI=1S/C24H29NO5/c1-6-7-12-25-20(18-9-8-13-30-18)19(22(27)23(25)28)21(26)15-10-11-17(29-5)16(14-15)24(2,3)4/h8-11,13-14,20,26H,6-7,12H2,1-5H3/b21-19-. The van der Waals surface area contributed by atoms with E-state index in [2.05, 4.69) is 0 Å². The van der Waals surface area contributed by atoms with Crippen LogP contribution in [-0.4, -0.2) is 35.4 Å². The van der Waals surface area contributed by atoms with Crippen molar-refractivity contribution in [1.82, 2.24) is 4.90 Å². The predicted molar refractivity (Wildman–Crippen MR) is 114 cm³/mol. The summed E-state index contributed by atoms with van der Waals surface area (Å²) < 4.78 is 11.0. The van der Waals surface area contributed by atoms with Crippen molar-refractivity contribution in [3.8, 4) is 5.75 Å². The van der Waals surface area contributed by atoms with Crippen molar-refractivity contribution in [2.45, 2.75) is 52.0 Å². The lowest BCUT2D eigenvalue weighted by Crippen LogP contribution is -2.30. The van der Waals surface area contributed by atoms with Gasteiger partial charge in [0.1, 0.15) is 23.3 Å². The van der Waals surface area contributed by atoms with Crippen molar-refractivity contribution in [1.29, 1.82) is 0 Å². The highest BCUT2D eigenvalue weighted by Gasteiger charge is 2.47. The number of carbonyl (C=O) groups is 2. The number of hydrogen-bond donors (Lipinski definition) is 1. The van der Waals surface area contributed by atoms with E-state index >= 15 is 0 Å². The molecule has 1 atom stereocenters. The summed E-state index contributed by atoms with van der Waals surface area (Å²) in [5.74, 6) is -0.363. The second kappa shape index (κ2) is 8.38. The summed E-state index contributed by atoms with van der Waals surface area (Å²) in [6, 6.07) is 7.96. The van der Waals surface area contributed by atoms with E-state index < -0.39 is 17.7 Å². The molecule has 160 valence electrons. The number of unbranched alkanes of at least 4 members (excludes halogenated alkanes) is 1. The van der Waals surface area contributed by atoms with Crippen LogP contribution in [0.2, 0.25) is 0 Å². The summed E-state index contributed by atoms with van der Waals surface area (Å²) in [7, 11) is 1.60. The highest BCUT2D eigenvalue weighted by atomic mass is 16.5. The molecule has 0 aliphatic carbocycles. The number of carbonyl (C=O) groups excluding carboxylic acids is 2. The Kier molecular flexibility index (Phi) is 6.06. The van der Waals surface area contributed by atoms with Gasteiger partial charge in [0, 0.05) is 17.7 Å². The van der Waals surface area contributed by atoms with Gasteiger partial charge in [-0.3, -0.25) is 9.59 Å². The van der Waals surface area contributed by atoms with Gasteiger partial charge in [-0.25, -0.2) is 0 Å². The number of aliphatic hydroxyl groups is 1. The summed E-state index contributed by atoms with van der Waals surface area (Å²) in [4.78, 5) is 27.2. The second-order valence-corrected chi connectivity index (χ2v) is 8.53. The van der Waals surface area contributed by atoms with Crippen LogP contribution in [0.5, 0.6) is 5.75 Å². The number of nitrogens with zero attached hydrogens (tertiary/aromatic N) is 1. The van der Waals surface area contributed by atoms with Gasteiger partial charge in [0.25, 0.3) is 11.7 Å². The molecule has 1 aliphatic heterocycles. The molecule has 1 aromatic heterocycles. The highest BCUT2D eigenvalue weighted by Crippen LogP contribution is 2.41. The van der Waals surface area contributed by atoms with Gasteiger partial charge in [-0.2, -0.15) is 0 Å². The van der Waals surface area contributed by atoms with E-state index in [9.17, 15) is 14.7 Å². The van der Waals surface area contributed by atoms with Crippen molar-refractivity contribution in [3.63, 3.8) is 0 Å². The number of methoxy groups -OCH3 is 1. The van der Waals surface area contributed by atoms with E-state index in [0.29, 0.717) is 23.6 Å². The maximum absolute atomic E-state index is 12.9. The monoisotopic (exact) mass is 411 g/mol. The number of likely N-dealkylation sites (tertiary alicyclic amines) is 1. The minimum atomic E-state index is -0.744. The molecule has 30 heavy (non-hydrogen) atoms. The fourth-order valence-electron chi connectivity index (χ4n) is 3.78. The molecule has 2 heterocycles. The van der Waals surface area contributed by atoms with Crippen LogP contribution in [0.25, 0.3) is 5.76 Å². The van der Waals surface area contributed by atoms with Crippen LogP contribution in [0, 0.1) is 0 Å². The van der Waals surface area contributed by atoms with Crippen LogP contribution in [0.1, 0.15) is 63.5 Å². The van der Waals surface area contributed by atoms with Crippen LogP contribution < -0.4 is 4.74 Å². The first-order chi connectivity index (χ1) is 14.2. The first-order valence-corrected chi connectivity index (χ1v) is 10.2. The third-order valence-electron chi connectivity index (χ3n) is 5.39. The van der Waals surface area contributed by atoms with Crippen LogP contribution in [0.3, 0.4) is 0 Å². The average molecular weight is 411 g/mol. The minimum Gasteiger partial charge on any atom is -0.507 e. The number of aliphatic hydroxyl groups excluding tert-OH is 1. The van der Waals surface area contributed by atoms with E-state index in [1.54, 1.807) is 31.4 Å². The molecule has 1 aliphatic rings. The summed E-state index contributed by atoms with van der Waals surface area (Å²) in [5, 5.41) is 11.2. The molecule has 2 aromatic rings. The van der Waals surface area contributed by atoms with Gasteiger partial charge in [0.2, 0.25) is 0 Å². The van der Waals surface area contributed by atoms with Gasteiger partial charge in [-0.15, -0.1) is 0 Å². The van der Waals surface area contributed by atoms with Gasteiger partial charge in [0.15, 0.2) is 0 Å². The molecule has 6 heteroatoms. The van der Waals surface area contributed by atoms with Crippen LogP contribution in [0.4, 0.5) is 0 Å². The van der Waals surface area contributed by atoms with E-state index in [1.165, 1.54) is 11.2 Å². The maximum atomic E-state index is 12.9. The van der Waals surface area contributed by atoms with Gasteiger partial charge < -0.3 is 19.2 Å². The Morgan fingerprint density at radius 3 is 2.53 bits per heavy atom. The molecule has 1 amide bonds. The number of Topliss-reactive ketones (excluding diaryl/α,β-unsaturated/α-hetero) is 1. The van der Waals surface area contributed by atoms with Gasteiger partial charge in [-0.05, 0) is 42.2 Å². The molecular weight excluding hydrogens is 382 g/mol. The SMILES string of the molecule is CCCCN1C(=O)C(=O)/C(=C(\O)c2ccc(OC)c(C(C)(C)C)c2)C1c1ccco1. The Bertz CT molecular complexity index is 966. The average Bonchev–Trinajstić information content (AvgIpc) is 3.32. The Morgan fingerprint density at radius 2 is 1.97 bits per heavy atom. The second-order valence-electron chi connectivity index (χ2n) is 8.53. The zero-order valence-electron chi connectivity index (χ0n) is 18.2. The molecule has 0 radical (unpaired) electrons. The molecule has 3 rings (SSSR count). The summed E-state index contributed by atoms with van der Waals surface area (Å²) in [5.41, 5.74) is 1.17. The maximum Gasteiger partial charge on any atom is 0.295 e. The molecule has 0 bridgehead atoms. The van der Waals surface area contributed by atoms with Crippen molar-refractivity contribution in [3.05, 3.63) is 59.1 Å². The number of hydrogen-bond acceptors (Lipinski definition) is 5. The first-order valence-electron chi connectivity index (χ1n) is 10.2. The molecule has 1 aromatic carbocycles. The topological polar surface area (TPSA) is 80.0 Å². The number of ketones is 1. The van der Waals surface area contributed by atoms with Crippen LogP contribution in [-0.2, 0) is 15.0 Å². The largest absolute Gasteiger partial charge is 0.507 e. The molecule has 0 spiro atoms. The molecule has 1 fully saturated rings. The summed E-state index contributed by atoms with van der Waals surface area (Å²) >= 11 is 0. The van der Waals surface area contributed by atoms with E-state index in [0.717, 1.165) is 18.4 Å². The smallest absolute Gasteiger partial charge is 0.295 e. The van der Waals surface area contributed by atoms with E-state index in [1.807, 2.05) is 33.8 Å². The van der Waals surface area contributed by atoms with E-state index in [4.69, 9.17) is 9.15 Å². The zero-order chi connectivity index (χ0) is 22.1. The fraction of sp³-hybridized carbons (Fsp3) is 0.417. The fourth-order valence-corrected chi connectivity index (χ4v) is 3.78. The lowest BCUT2D eigenvalue weighted by atomic mass is 9.84. The van der Waals surface area contributed by atoms with Gasteiger partial charge in [-0.1, -0.05) is 34.1 Å². The molecule has 1 unspecified atom stereocenters. The minimum absolute atomic E-state index is 0.0519. The number of rotatable bonds is 6. The van der Waals surface area contributed by atoms with Gasteiger partial charge >= 0.3 is 0 Å². The van der Waals surface area contributed by atoms with Gasteiger partial charge in [0.05, 0.1) is 18.9 Å². The number of furan rings is 1. The predicted octanol–water partition coefficient (Wildman–Crippen LogP) is 4.81. The third kappa shape index (κ3) is 3.86. The highest BCUT2D eigenvalue weighted by molar-refractivity contribution is 6.46. The molecular formula is C24H29NO5. The van der Waals surface area contributed by atoms with Crippen molar-refractivity contribution < 1.29 is 23.8 Å². The summed E-state index contributed by atoms with van der Waals surface area (Å²) in [6.45, 7) is 8.56. The quantitative estimate of drug-likeness (QED) is 0.419. The summed E-state index contributed by atoms with van der Waals surface area (Å²) in [6.07, 6.45) is 3.13. The van der Waals surface area contributed by atoms with E-state index in [-0.39, 0.29) is 16.7 Å². The third-order valence-corrected chi connectivity index (χ3v) is 5.39. The lowest BCUT2D eigenvalue weighted by molar-refractivity contribution is -0.140. The number of benzene rings is 1. The zero-order valence-corrected chi connectivity index (χ0v) is 18.2. The van der Waals surface area contributed by atoms with Crippen LogP contribution in [0.15, 0.2) is 46.6 Å². The Hall–Kier alpha value is -3.02. The van der Waals surface area contributed by atoms with Crippen molar-refractivity contribution in [2.24, 2.45) is 0 Å². The van der Waals surface area contributed by atoms with Crippen LogP contribution >= 0.6 is 0 Å². The van der Waals surface area contributed by atoms with Crippen molar-refractivity contribution >= 4 is 17.4 Å². The molecule has 0 saturated carbocycles. The Labute approximate surface area is 177 Å². The first kappa shape index (κ1) is 21.7. The molecule has 6 nitrogen and oxygen atoms in total. The van der Waals surface area contributed by atoms with Crippen molar-refractivity contribution in [2.75, 3.05) is 13.7 Å². The normalized spacial score (nSPS) is 18.8. The lowest BCUT2D eigenvalue weighted by Gasteiger charge is -2.24. The Morgan fingerprint density at radius 1 is 1.23 bits per heavy atom. The molecule has 1 N–H and O–H groups in total.